The van der Waals surface area contributed by atoms with E-state index in [9.17, 15) is 4.57 Å². The van der Waals surface area contributed by atoms with Crippen LogP contribution in [0.4, 0.5) is 0 Å². The third-order valence-corrected chi connectivity index (χ3v) is 1.33. The molecule has 1 N–H and O–H groups in total. The van der Waals surface area contributed by atoms with E-state index in [1.807, 2.05) is 0 Å². The zero-order chi connectivity index (χ0) is 6.62. The van der Waals surface area contributed by atoms with Gasteiger partial charge in [-0.3, -0.25) is 4.57 Å². The minimum absolute atomic E-state index is 0.160. The average Bonchev–Trinajstić information content (AvgIpc) is 1.59. The molecule has 0 aliphatic heterocycles. The van der Waals surface area contributed by atoms with Crippen LogP contribution in [0, 0.1) is 0 Å². The second-order valence-electron chi connectivity index (χ2n) is 1.29. The number of hydrogen-bond acceptors (Lipinski definition) is 2. The Morgan fingerprint density at radius 3 is 2.50 bits per heavy atom. The molecule has 0 radical (unpaired) electrons. The molecule has 0 rings (SSSR count). The summed E-state index contributed by atoms with van der Waals surface area (Å²) in [5.74, 6) is 0. The van der Waals surface area contributed by atoms with E-state index in [0.717, 1.165) is 0 Å². The molecule has 1 unspecified atom stereocenters. The molecule has 1 atom stereocenters. The van der Waals surface area contributed by atoms with Crippen molar-refractivity contribution in [1.29, 1.82) is 0 Å². The molecule has 0 aromatic rings. The van der Waals surface area contributed by atoms with Gasteiger partial charge in [-0.15, -0.1) is 0 Å². The normalized spacial score (nSPS) is 17.9. The predicted octanol–water partition coefficient (Wildman–Crippen LogP) is 1.10. The van der Waals surface area contributed by atoms with Crippen LogP contribution in [0.25, 0.3) is 0 Å². The summed E-state index contributed by atoms with van der Waals surface area (Å²) in [6.45, 7) is -1.01. The standard InChI is InChI=1S/C3H9O3PS/c1-2-6-3-7(4,5)8/h2-3H2,1H3,(H2,4,5,8). The first-order chi connectivity index (χ1) is 3.56. The highest BCUT2D eigenvalue weighted by Crippen LogP contribution is 2.44. The van der Waals surface area contributed by atoms with Gasteiger partial charge in [0.2, 0.25) is 0 Å². The van der Waals surface area contributed by atoms with E-state index in [0.29, 0.717) is 6.61 Å². The van der Waals surface area contributed by atoms with Gasteiger partial charge in [0.25, 0.3) is 6.57 Å². The Balaban J connectivity index is 3.26. The van der Waals surface area contributed by atoms with Crippen LogP contribution in [0.5, 0.6) is 0 Å². The fourth-order valence-corrected chi connectivity index (χ4v) is 0.876. The summed E-state index contributed by atoms with van der Waals surface area (Å²) in [7, 11) is 0. The second kappa shape index (κ2) is 3.51. The topological polar surface area (TPSA) is 46.5 Å². The summed E-state index contributed by atoms with van der Waals surface area (Å²) in [6, 6.07) is 0. The molecule has 0 heterocycles. The number of hydrogen-bond donors (Lipinski definition) is 2. The van der Waals surface area contributed by atoms with Gasteiger partial charge in [-0.1, -0.05) is 12.2 Å². The van der Waals surface area contributed by atoms with Gasteiger partial charge in [0, 0.05) is 6.61 Å². The van der Waals surface area contributed by atoms with Crippen molar-refractivity contribution in [3.8, 4) is 0 Å². The summed E-state index contributed by atoms with van der Waals surface area (Å²) >= 11 is 3.37. The van der Waals surface area contributed by atoms with Crippen molar-refractivity contribution >= 4 is 18.8 Å². The van der Waals surface area contributed by atoms with Crippen LogP contribution in [0.2, 0.25) is 0 Å². The lowest BCUT2D eigenvalue weighted by Crippen LogP contribution is -1.89. The summed E-state index contributed by atoms with van der Waals surface area (Å²) < 4.78 is 14.9. The predicted molar refractivity (Wildman–Crippen MR) is 35.3 cm³/mol. The molecule has 0 saturated carbocycles. The quantitative estimate of drug-likeness (QED) is 0.475. The Labute approximate surface area is 53.7 Å². The number of ether oxygens (including phenoxy) is 1. The van der Waals surface area contributed by atoms with Crippen molar-refractivity contribution < 1.29 is 14.2 Å². The van der Waals surface area contributed by atoms with Gasteiger partial charge in [-0.25, -0.2) is 0 Å². The van der Waals surface area contributed by atoms with Crippen molar-refractivity contribution in [1.82, 2.24) is 0 Å². The molecule has 0 saturated heterocycles. The molecule has 0 amide bonds. The van der Waals surface area contributed by atoms with Crippen LogP contribution in [-0.4, -0.2) is 17.8 Å². The van der Waals surface area contributed by atoms with E-state index >= 15 is 0 Å². The molecule has 0 aromatic carbocycles. The van der Waals surface area contributed by atoms with Crippen molar-refractivity contribution in [2.24, 2.45) is 0 Å². The molecule has 0 spiro atoms. The molecule has 0 aliphatic rings. The Hall–Kier alpha value is 0.500. The molecular weight excluding hydrogens is 147 g/mol. The molecular formula is C3H9O3PS. The third-order valence-electron chi connectivity index (χ3n) is 0.464. The van der Waals surface area contributed by atoms with Gasteiger partial charge in [0.1, 0.15) is 6.35 Å². The molecule has 8 heavy (non-hydrogen) atoms. The highest BCUT2D eigenvalue weighted by molar-refractivity contribution is 8.45. The Morgan fingerprint density at radius 2 is 2.38 bits per heavy atom. The van der Waals surface area contributed by atoms with Gasteiger partial charge in [0.15, 0.2) is 0 Å². The number of thiol groups is 1. The zero-order valence-electron chi connectivity index (χ0n) is 4.57. The Morgan fingerprint density at radius 1 is 1.88 bits per heavy atom. The smallest absolute Gasteiger partial charge is 0.277 e. The molecule has 0 aliphatic carbocycles. The molecule has 5 heteroatoms. The lowest BCUT2D eigenvalue weighted by atomic mass is 10.9. The van der Waals surface area contributed by atoms with Crippen molar-refractivity contribution in [2.45, 2.75) is 6.92 Å². The van der Waals surface area contributed by atoms with Crippen LogP contribution >= 0.6 is 18.8 Å². The summed E-state index contributed by atoms with van der Waals surface area (Å²) in [5.41, 5.74) is 0. The Kier molecular flexibility index (Phi) is 3.73. The number of rotatable bonds is 3. The fraction of sp³-hybridized carbons (Fsp3) is 1.00. The van der Waals surface area contributed by atoms with Gasteiger partial charge in [0.05, 0.1) is 0 Å². The molecule has 50 valence electrons. The first-order valence-corrected chi connectivity index (χ1v) is 5.18. The van der Waals surface area contributed by atoms with Gasteiger partial charge in [-0.05, 0) is 6.92 Å². The van der Waals surface area contributed by atoms with Crippen LogP contribution in [0.3, 0.4) is 0 Å². The average molecular weight is 156 g/mol. The van der Waals surface area contributed by atoms with Gasteiger partial charge < -0.3 is 9.63 Å². The first kappa shape index (κ1) is 8.50. The highest BCUT2D eigenvalue weighted by Gasteiger charge is 2.08. The van der Waals surface area contributed by atoms with E-state index in [-0.39, 0.29) is 6.35 Å². The Bertz CT molecular complexity index is 98.7. The monoisotopic (exact) mass is 156 g/mol. The largest absolute Gasteiger partial charge is 0.371 e. The van der Waals surface area contributed by atoms with Crippen LogP contribution in [0.1, 0.15) is 6.92 Å². The summed E-state index contributed by atoms with van der Waals surface area (Å²) in [4.78, 5) is 8.44. The van der Waals surface area contributed by atoms with E-state index in [1.54, 1.807) is 6.92 Å². The summed E-state index contributed by atoms with van der Waals surface area (Å²) in [5, 5.41) is 0. The molecule has 0 aromatic heterocycles. The maximum Gasteiger partial charge on any atom is 0.277 e. The summed E-state index contributed by atoms with van der Waals surface area (Å²) in [6.07, 6.45) is -0.160. The lowest BCUT2D eigenvalue weighted by molar-refractivity contribution is 0.186. The maximum atomic E-state index is 10.3. The van der Waals surface area contributed by atoms with E-state index in [1.165, 1.54) is 0 Å². The molecule has 0 fully saturated rings. The van der Waals surface area contributed by atoms with Crippen molar-refractivity contribution in [3.63, 3.8) is 0 Å². The van der Waals surface area contributed by atoms with Crippen molar-refractivity contribution in [2.75, 3.05) is 13.0 Å². The van der Waals surface area contributed by atoms with Crippen LogP contribution in [-0.2, 0) is 9.30 Å². The molecule has 0 bridgehead atoms. The minimum Gasteiger partial charge on any atom is -0.371 e. The van der Waals surface area contributed by atoms with Gasteiger partial charge in [-0.2, -0.15) is 0 Å². The van der Waals surface area contributed by atoms with Gasteiger partial charge >= 0.3 is 0 Å². The lowest BCUT2D eigenvalue weighted by Gasteiger charge is -2.01. The van der Waals surface area contributed by atoms with E-state index < -0.39 is 6.57 Å². The van der Waals surface area contributed by atoms with E-state index in [2.05, 4.69) is 17.0 Å². The minimum atomic E-state index is -3.21. The van der Waals surface area contributed by atoms with Crippen LogP contribution in [0.15, 0.2) is 0 Å². The first-order valence-electron chi connectivity index (χ1n) is 2.18. The maximum absolute atomic E-state index is 10.3. The van der Waals surface area contributed by atoms with E-state index in [4.69, 9.17) is 4.89 Å². The SMILES string of the molecule is CCOCP(=O)(O)S. The van der Waals surface area contributed by atoms with Crippen LogP contribution < -0.4 is 0 Å². The second-order valence-corrected chi connectivity index (χ2v) is 4.75. The highest BCUT2D eigenvalue weighted by atomic mass is 32.7. The van der Waals surface area contributed by atoms with Crippen molar-refractivity contribution in [3.05, 3.63) is 0 Å². The third kappa shape index (κ3) is 6.50. The zero-order valence-corrected chi connectivity index (χ0v) is 6.36. The molecule has 3 nitrogen and oxygen atoms in total. The fourth-order valence-electron chi connectivity index (χ4n) is 0.210.